The Morgan fingerprint density at radius 2 is 2.02 bits per heavy atom. The van der Waals surface area contributed by atoms with Crippen LogP contribution in [0.3, 0.4) is 0 Å². The first kappa shape index (κ1) is 27.8. The standard InChI is InChI=1S/C32H41N7OSi/c1-31(2,3)41(5,6)40-20-32(4)19-36-29-22(16-33)13-21(15-26(29)32)28-9-11-34-30(38-28)37-24-14-23-18-39(25-7-8-25)12-10-27(23)35-17-24/h9,11,13-15,17,25,36H,7-8,10,12,18-20H2,1-6H3,(H,34,37,38)/t32-/m1/s1. The monoisotopic (exact) mass is 567 g/mol. The van der Waals surface area contributed by atoms with Gasteiger partial charge in [-0.05, 0) is 66.4 Å². The highest BCUT2D eigenvalue weighted by Crippen LogP contribution is 2.44. The highest BCUT2D eigenvalue weighted by Gasteiger charge is 2.42. The van der Waals surface area contributed by atoms with Crippen molar-refractivity contribution in [3.63, 3.8) is 0 Å². The summed E-state index contributed by atoms with van der Waals surface area (Å²) in [7, 11) is -1.93. The van der Waals surface area contributed by atoms with Crippen molar-refractivity contribution in [1.82, 2.24) is 19.9 Å². The Kier molecular flexibility index (Phi) is 6.92. The highest BCUT2D eigenvalue weighted by molar-refractivity contribution is 6.74. The summed E-state index contributed by atoms with van der Waals surface area (Å²) in [5.41, 5.74) is 7.44. The third-order valence-electron chi connectivity index (χ3n) is 9.46. The predicted molar refractivity (Wildman–Crippen MR) is 166 cm³/mol. The quantitative estimate of drug-likeness (QED) is 0.317. The van der Waals surface area contributed by atoms with Gasteiger partial charge in [0.25, 0.3) is 0 Å². The average Bonchev–Trinajstić information content (AvgIpc) is 3.74. The number of benzene rings is 1. The molecular formula is C32H41N7OSi. The zero-order valence-corrected chi connectivity index (χ0v) is 26.1. The molecule has 9 heteroatoms. The van der Waals surface area contributed by atoms with E-state index in [2.05, 4.69) is 79.5 Å². The highest BCUT2D eigenvalue weighted by atomic mass is 28.4. The summed E-state index contributed by atoms with van der Waals surface area (Å²) in [5, 5.41) is 17.1. The van der Waals surface area contributed by atoms with Gasteiger partial charge in [0.05, 0.1) is 28.8 Å². The van der Waals surface area contributed by atoms with Crippen LogP contribution >= 0.6 is 0 Å². The maximum atomic E-state index is 10.0. The average molecular weight is 568 g/mol. The molecule has 0 radical (unpaired) electrons. The molecule has 41 heavy (non-hydrogen) atoms. The molecule has 1 saturated carbocycles. The van der Waals surface area contributed by atoms with Crippen LogP contribution in [-0.2, 0) is 22.8 Å². The van der Waals surface area contributed by atoms with Crippen LogP contribution in [0.4, 0.5) is 17.3 Å². The number of pyridine rings is 1. The Morgan fingerprint density at radius 3 is 2.76 bits per heavy atom. The Labute approximate surface area is 244 Å². The smallest absolute Gasteiger partial charge is 0.227 e. The van der Waals surface area contributed by atoms with E-state index in [0.29, 0.717) is 18.1 Å². The van der Waals surface area contributed by atoms with Crippen molar-refractivity contribution in [2.45, 2.75) is 83.1 Å². The summed E-state index contributed by atoms with van der Waals surface area (Å²) in [4.78, 5) is 16.7. The summed E-state index contributed by atoms with van der Waals surface area (Å²) in [6.07, 6.45) is 7.28. The van der Waals surface area contributed by atoms with Crippen LogP contribution in [0.15, 0.2) is 36.7 Å². The summed E-state index contributed by atoms with van der Waals surface area (Å²) in [6.45, 7) is 17.0. The van der Waals surface area contributed by atoms with Gasteiger partial charge in [0.1, 0.15) is 6.07 Å². The molecule has 2 aliphatic heterocycles. The minimum absolute atomic E-state index is 0.131. The molecule has 214 valence electrons. The Morgan fingerprint density at radius 1 is 1.22 bits per heavy atom. The fraction of sp³-hybridized carbons (Fsp3) is 0.500. The zero-order chi connectivity index (χ0) is 29.0. The molecule has 6 rings (SSSR count). The van der Waals surface area contributed by atoms with E-state index in [0.717, 1.165) is 60.3 Å². The number of hydrogen-bond donors (Lipinski definition) is 2. The first-order valence-electron chi connectivity index (χ1n) is 14.7. The van der Waals surface area contributed by atoms with Gasteiger partial charge >= 0.3 is 0 Å². The lowest BCUT2D eigenvalue weighted by Crippen LogP contribution is -2.45. The molecule has 0 unspecified atom stereocenters. The molecule has 0 amide bonds. The number of nitriles is 1. The van der Waals surface area contributed by atoms with E-state index in [1.54, 1.807) is 6.20 Å². The van der Waals surface area contributed by atoms with Crippen LogP contribution in [0, 0.1) is 11.3 Å². The van der Waals surface area contributed by atoms with Crippen molar-refractivity contribution in [2.24, 2.45) is 0 Å². The van der Waals surface area contributed by atoms with Gasteiger partial charge in [0, 0.05) is 61.6 Å². The van der Waals surface area contributed by atoms with Gasteiger partial charge in [0.15, 0.2) is 8.32 Å². The minimum Gasteiger partial charge on any atom is -0.416 e. The second kappa shape index (κ2) is 10.2. The lowest BCUT2D eigenvalue weighted by molar-refractivity contribution is 0.220. The van der Waals surface area contributed by atoms with Crippen LogP contribution in [0.1, 0.15) is 62.9 Å². The fourth-order valence-corrected chi connectivity index (χ4v) is 6.70. The Hall–Kier alpha value is -3.32. The number of hydrogen-bond acceptors (Lipinski definition) is 8. The summed E-state index contributed by atoms with van der Waals surface area (Å²) < 4.78 is 6.68. The number of nitrogens with one attached hydrogen (secondary N) is 2. The molecule has 3 aromatic rings. The number of fused-ring (bicyclic) bond motifs is 2. The summed E-state index contributed by atoms with van der Waals surface area (Å²) in [6, 6.07) is 11.3. The van der Waals surface area contributed by atoms with Crippen molar-refractivity contribution >= 4 is 25.6 Å². The molecule has 1 fully saturated rings. The van der Waals surface area contributed by atoms with Crippen molar-refractivity contribution < 1.29 is 4.43 Å². The molecule has 0 bridgehead atoms. The predicted octanol–water partition coefficient (Wildman–Crippen LogP) is 6.38. The van der Waals surface area contributed by atoms with Crippen LogP contribution in [0.5, 0.6) is 0 Å². The molecule has 1 aliphatic carbocycles. The van der Waals surface area contributed by atoms with Gasteiger partial charge in [-0.2, -0.15) is 5.26 Å². The molecular weight excluding hydrogens is 526 g/mol. The van der Waals surface area contributed by atoms with Gasteiger partial charge in [-0.15, -0.1) is 0 Å². The maximum Gasteiger partial charge on any atom is 0.227 e. The summed E-state index contributed by atoms with van der Waals surface area (Å²) >= 11 is 0. The van der Waals surface area contributed by atoms with Gasteiger partial charge in [-0.1, -0.05) is 27.7 Å². The largest absolute Gasteiger partial charge is 0.416 e. The minimum atomic E-state index is -1.93. The molecule has 3 aliphatic rings. The molecule has 0 spiro atoms. The first-order valence-corrected chi connectivity index (χ1v) is 17.7. The van der Waals surface area contributed by atoms with E-state index in [1.807, 2.05) is 18.3 Å². The van der Waals surface area contributed by atoms with Crippen molar-refractivity contribution in [3.05, 3.63) is 59.0 Å². The van der Waals surface area contributed by atoms with E-state index in [-0.39, 0.29) is 10.5 Å². The molecule has 0 saturated heterocycles. The Balaban J connectivity index is 1.26. The van der Waals surface area contributed by atoms with Crippen LogP contribution < -0.4 is 10.6 Å². The molecule has 4 heterocycles. The van der Waals surface area contributed by atoms with E-state index < -0.39 is 8.32 Å². The normalized spacial score (nSPS) is 20.6. The third-order valence-corrected chi connectivity index (χ3v) is 13.9. The maximum absolute atomic E-state index is 10.0. The van der Waals surface area contributed by atoms with E-state index >= 15 is 0 Å². The van der Waals surface area contributed by atoms with Crippen molar-refractivity contribution in [2.75, 3.05) is 30.3 Å². The lowest BCUT2D eigenvalue weighted by Gasteiger charge is -2.39. The second-order valence-electron chi connectivity index (χ2n) is 13.7. The van der Waals surface area contributed by atoms with Crippen LogP contribution in [0.25, 0.3) is 11.3 Å². The second-order valence-corrected chi connectivity index (χ2v) is 18.5. The molecule has 1 aromatic carbocycles. The number of rotatable bonds is 7. The lowest BCUT2D eigenvalue weighted by atomic mass is 9.83. The van der Waals surface area contributed by atoms with Crippen LogP contribution in [0.2, 0.25) is 18.1 Å². The fourth-order valence-electron chi connectivity index (χ4n) is 5.58. The van der Waals surface area contributed by atoms with E-state index in [9.17, 15) is 5.26 Å². The molecule has 8 nitrogen and oxygen atoms in total. The SMILES string of the molecule is CC(C)(C)[Si](C)(C)OC[C@@]1(C)CNc2c(C#N)cc(-c3ccnc(Nc4cnc5c(c4)CN(C4CC4)CC5)n3)cc21. The third kappa shape index (κ3) is 5.48. The first-order chi connectivity index (χ1) is 19.5. The van der Waals surface area contributed by atoms with Crippen LogP contribution in [-0.4, -0.2) is 53.9 Å². The van der Waals surface area contributed by atoms with E-state index in [4.69, 9.17) is 14.4 Å². The molecule has 2 N–H and O–H groups in total. The van der Waals surface area contributed by atoms with Crippen molar-refractivity contribution in [3.8, 4) is 17.3 Å². The summed E-state index contributed by atoms with van der Waals surface area (Å²) in [5.74, 6) is 0.514. The molecule has 2 aromatic heterocycles. The number of nitrogens with zero attached hydrogens (tertiary/aromatic N) is 5. The van der Waals surface area contributed by atoms with Gasteiger partial charge < -0.3 is 15.1 Å². The van der Waals surface area contributed by atoms with E-state index in [1.165, 1.54) is 24.1 Å². The van der Waals surface area contributed by atoms with Crippen molar-refractivity contribution in [1.29, 1.82) is 5.26 Å². The number of aromatic nitrogens is 3. The Bertz CT molecular complexity index is 1520. The van der Waals surface area contributed by atoms with Gasteiger partial charge in [-0.25, -0.2) is 9.97 Å². The number of anilines is 3. The molecule has 1 atom stereocenters. The van der Waals surface area contributed by atoms with Gasteiger partial charge in [0.2, 0.25) is 5.95 Å². The topological polar surface area (TPSA) is 99.0 Å². The van der Waals surface area contributed by atoms with Gasteiger partial charge in [-0.3, -0.25) is 9.88 Å². The zero-order valence-electron chi connectivity index (χ0n) is 25.1.